The second-order valence-electron chi connectivity index (χ2n) is 6.04. The summed E-state index contributed by atoms with van der Waals surface area (Å²) >= 11 is 0. The Hall–Kier alpha value is -0.830. The van der Waals surface area contributed by atoms with Gasteiger partial charge in [-0.15, -0.1) is 0 Å². The predicted octanol–water partition coefficient (Wildman–Crippen LogP) is 4.02. The second-order valence-corrected chi connectivity index (χ2v) is 6.04. The fourth-order valence-electron chi connectivity index (χ4n) is 2.37. The molecule has 0 aromatic carbocycles. The summed E-state index contributed by atoms with van der Waals surface area (Å²) in [6, 6.07) is 0. The van der Waals surface area contributed by atoms with Crippen molar-refractivity contribution in [2.45, 2.75) is 65.8 Å². The van der Waals surface area contributed by atoms with Crippen molar-refractivity contribution in [3.8, 4) is 0 Å². The first-order chi connectivity index (χ1) is 9.06. The molecular formula is C16H30N2O. The molecule has 0 fully saturated rings. The quantitative estimate of drug-likeness (QED) is 0.631. The monoisotopic (exact) mass is 266 g/mol. The highest BCUT2D eigenvalue weighted by atomic mass is 16.5. The number of aromatic nitrogens is 2. The van der Waals surface area contributed by atoms with Crippen molar-refractivity contribution in [3.63, 3.8) is 0 Å². The van der Waals surface area contributed by atoms with Crippen LogP contribution in [0.3, 0.4) is 0 Å². The third-order valence-electron chi connectivity index (χ3n) is 3.51. The zero-order valence-corrected chi connectivity index (χ0v) is 13.3. The van der Waals surface area contributed by atoms with E-state index < -0.39 is 0 Å². The van der Waals surface area contributed by atoms with Gasteiger partial charge in [-0.3, -0.25) is 0 Å². The molecule has 0 atom stereocenters. The molecule has 0 N–H and O–H groups in total. The molecule has 0 aliphatic heterocycles. The van der Waals surface area contributed by atoms with Gasteiger partial charge >= 0.3 is 0 Å². The van der Waals surface area contributed by atoms with E-state index in [0.29, 0.717) is 5.92 Å². The molecule has 1 heterocycles. The summed E-state index contributed by atoms with van der Waals surface area (Å²) in [5, 5.41) is 0. The highest BCUT2D eigenvalue weighted by molar-refractivity contribution is 5.10. The Labute approximate surface area is 118 Å². The molecule has 3 nitrogen and oxygen atoms in total. The van der Waals surface area contributed by atoms with Crippen LogP contribution in [0.25, 0.3) is 0 Å². The fourth-order valence-corrected chi connectivity index (χ4v) is 2.37. The van der Waals surface area contributed by atoms with E-state index in [-0.39, 0.29) is 0 Å². The third-order valence-corrected chi connectivity index (χ3v) is 3.51. The molecule has 0 bridgehead atoms. The molecule has 0 spiro atoms. The van der Waals surface area contributed by atoms with Crippen LogP contribution in [0, 0.1) is 5.92 Å². The van der Waals surface area contributed by atoms with Crippen LogP contribution in [-0.2, 0) is 17.7 Å². The summed E-state index contributed by atoms with van der Waals surface area (Å²) in [4.78, 5) is 4.61. The molecule has 0 saturated carbocycles. The summed E-state index contributed by atoms with van der Waals surface area (Å²) in [6.45, 7) is 10.7. The van der Waals surface area contributed by atoms with E-state index in [0.717, 1.165) is 25.5 Å². The van der Waals surface area contributed by atoms with Gasteiger partial charge in [0.05, 0.1) is 6.61 Å². The average molecular weight is 266 g/mol. The lowest BCUT2D eigenvalue weighted by Gasteiger charge is -2.14. The Morgan fingerprint density at radius 1 is 1.21 bits per heavy atom. The topological polar surface area (TPSA) is 27.1 Å². The maximum absolute atomic E-state index is 5.21. The zero-order valence-electron chi connectivity index (χ0n) is 13.3. The number of unbranched alkanes of at least 4 members (excludes halogenated alkanes) is 1. The van der Waals surface area contributed by atoms with Crippen molar-refractivity contribution in [3.05, 3.63) is 17.7 Å². The first-order valence-corrected chi connectivity index (χ1v) is 7.59. The lowest BCUT2D eigenvalue weighted by Crippen LogP contribution is -2.12. The normalized spacial score (nSPS) is 11.7. The number of nitrogens with zero attached hydrogens (tertiary/aromatic N) is 2. The van der Waals surface area contributed by atoms with Crippen LogP contribution in [0.15, 0.2) is 6.20 Å². The minimum Gasteiger partial charge on any atom is -0.383 e. The first kappa shape index (κ1) is 16.2. The van der Waals surface area contributed by atoms with Gasteiger partial charge in [0.25, 0.3) is 0 Å². The molecule has 110 valence electrons. The zero-order chi connectivity index (χ0) is 14.3. The summed E-state index contributed by atoms with van der Waals surface area (Å²) in [5.74, 6) is 2.55. The minimum atomic E-state index is 0.522. The number of ether oxygens (including phenoxy) is 1. The summed E-state index contributed by atoms with van der Waals surface area (Å²) in [5.41, 5.74) is 1.33. The molecule has 1 aromatic rings. The fraction of sp³-hybridized carbons (Fsp3) is 0.812. The van der Waals surface area contributed by atoms with Crippen molar-refractivity contribution >= 4 is 0 Å². The van der Waals surface area contributed by atoms with Gasteiger partial charge in [-0.1, -0.05) is 40.5 Å². The van der Waals surface area contributed by atoms with Crippen LogP contribution < -0.4 is 0 Å². The number of imidazole rings is 1. The van der Waals surface area contributed by atoms with Crippen molar-refractivity contribution in [1.82, 2.24) is 9.55 Å². The van der Waals surface area contributed by atoms with Gasteiger partial charge in [-0.05, 0) is 18.3 Å². The molecule has 0 aliphatic carbocycles. The molecular weight excluding hydrogens is 236 g/mol. The molecule has 0 aliphatic rings. The smallest absolute Gasteiger partial charge is 0.108 e. The number of rotatable bonds is 9. The Balaban J connectivity index is 2.60. The van der Waals surface area contributed by atoms with Crippen LogP contribution in [0.2, 0.25) is 0 Å². The van der Waals surface area contributed by atoms with E-state index in [1.807, 2.05) is 6.20 Å². The van der Waals surface area contributed by atoms with E-state index in [2.05, 4.69) is 37.2 Å². The van der Waals surface area contributed by atoms with Crippen molar-refractivity contribution in [2.75, 3.05) is 13.7 Å². The van der Waals surface area contributed by atoms with Gasteiger partial charge in [0, 0.05) is 32.0 Å². The van der Waals surface area contributed by atoms with E-state index in [1.165, 1.54) is 30.8 Å². The van der Waals surface area contributed by atoms with Crippen molar-refractivity contribution in [1.29, 1.82) is 0 Å². The molecule has 0 radical (unpaired) electrons. The number of methoxy groups -OCH3 is 1. The van der Waals surface area contributed by atoms with Gasteiger partial charge in [0.1, 0.15) is 5.82 Å². The lowest BCUT2D eigenvalue weighted by molar-refractivity contribution is 0.185. The minimum absolute atomic E-state index is 0.522. The summed E-state index contributed by atoms with van der Waals surface area (Å²) in [6.07, 6.45) is 6.97. The molecule has 1 aromatic heterocycles. The molecule has 0 unspecified atom stereocenters. The first-order valence-electron chi connectivity index (χ1n) is 7.59. The maximum Gasteiger partial charge on any atom is 0.108 e. The number of aryl methyl sites for hydroxylation is 1. The Morgan fingerprint density at radius 2 is 1.95 bits per heavy atom. The molecule has 0 saturated heterocycles. The van der Waals surface area contributed by atoms with Gasteiger partial charge in [0.2, 0.25) is 0 Å². The van der Waals surface area contributed by atoms with E-state index in [1.54, 1.807) is 7.11 Å². The van der Waals surface area contributed by atoms with Crippen molar-refractivity contribution < 1.29 is 4.74 Å². The molecule has 19 heavy (non-hydrogen) atoms. The second kappa shape index (κ2) is 8.36. The molecule has 3 heteroatoms. The van der Waals surface area contributed by atoms with E-state index in [9.17, 15) is 0 Å². The maximum atomic E-state index is 5.21. The number of hydrogen-bond donors (Lipinski definition) is 0. The average Bonchev–Trinajstić information content (AvgIpc) is 2.75. The largest absolute Gasteiger partial charge is 0.383 e. The SMILES string of the molecule is COCCn1c(C(C)C)cnc1CCCCC(C)C. The summed E-state index contributed by atoms with van der Waals surface area (Å²) < 4.78 is 7.56. The Morgan fingerprint density at radius 3 is 2.53 bits per heavy atom. The molecule has 0 amide bonds. The summed E-state index contributed by atoms with van der Waals surface area (Å²) in [7, 11) is 1.76. The molecule has 1 rings (SSSR count). The van der Waals surface area contributed by atoms with Crippen LogP contribution in [-0.4, -0.2) is 23.3 Å². The predicted molar refractivity (Wildman–Crippen MR) is 80.6 cm³/mol. The Kier molecular flexibility index (Phi) is 7.14. The van der Waals surface area contributed by atoms with Crippen molar-refractivity contribution in [2.24, 2.45) is 5.92 Å². The van der Waals surface area contributed by atoms with Gasteiger partial charge in [-0.25, -0.2) is 4.98 Å². The highest BCUT2D eigenvalue weighted by Crippen LogP contribution is 2.18. The van der Waals surface area contributed by atoms with Gasteiger partial charge < -0.3 is 9.30 Å². The van der Waals surface area contributed by atoms with Crippen LogP contribution in [0.4, 0.5) is 0 Å². The van der Waals surface area contributed by atoms with Gasteiger partial charge in [0.15, 0.2) is 0 Å². The third kappa shape index (κ3) is 5.35. The number of hydrogen-bond acceptors (Lipinski definition) is 2. The van der Waals surface area contributed by atoms with E-state index in [4.69, 9.17) is 4.74 Å². The van der Waals surface area contributed by atoms with E-state index >= 15 is 0 Å². The standard InChI is InChI=1S/C16H30N2O/c1-13(2)8-6-7-9-16-17-12-15(14(3)4)18(16)10-11-19-5/h12-14H,6-11H2,1-5H3. The highest BCUT2D eigenvalue weighted by Gasteiger charge is 2.12. The Bertz CT molecular complexity index is 356. The van der Waals surface area contributed by atoms with Crippen LogP contribution in [0.1, 0.15) is 64.4 Å². The van der Waals surface area contributed by atoms with Gasteiger partial charge in [-0.2, -0.15) is 0 Å². The van der Waals surface area contributed by atoms with Crippen LogP contribution in [0.5, 0.6) is 0 Å². The van der Waals surface area contributed by atoms with Crippen LogP contribution >= 0.6 is 0 Å². The lowest BCUT2D eigenvalue weighted by atomic mass is 10.1.